The number of hydrogen-bond acceptors (Lipinski definition) is 3. The first kappa shape index (κ1) is 16.7. The van der Waals surface area contributed by atoms with Crippen molar-refractivity contribution in [3.05, 3.63) is 65.0 Å². The first-order valence-electron chi connectivity index (χ1n) is 8.51. The van der Waals surface area contributed by atoms with Crippen molar-refractivity contribution in [3.63, 3.8) is 0 Å². The Morgan fingerprint density at radius 1 is 1.21 bits per heavy atom. The van der Waals surface area contributed by atoms with Crippen LogP contribution in [-0.4, -0.2) is 34.0 Å². The van der Waals surface area contributed by atoms with E-state index in [0.29, 0.717) is 12.8 Å². The Kier molecular flexibility index (Phi) is 4.95. The molecule has 1 aromatic carbocycles. The molecule has 4 nitrogen and oxygen atoms in total. The van der Waals surface area contributed by atoms with Gasteiger partial charge >= 0.3 is 5.97 Å². The maximum atomic E-state index is 11.2. The number of aromatic nitrogens is 1. The van der Waals surface area contributed by atoms with Crippen LogP contribution in [-0.2, 0) is 4.79 Å². The SMILES string of the molecule is Cc1ccc(C)c(C(c2ccccn2)N2CCC(C(=O)O)CC2)c1. The van der Waals surface area contributed by atoms with Crippen molar-refractivity contribution in [2.75, 3.05) is 13.1 Å². The molecular weight excluding hydrogens is 300 g/mol. The van der Waals surface area contributed by atoms with Gasteiger partial charge in [0, 0.05) is 6.20 Å². The standard InChI is InChI=1S/C20H24N2O2/c1-14-6-7-15(2)17(13-14)19(18-5-3-4-10-21-18)22-11-8-16(9-12-22)20(23)24/h3-7,10,13,16,19H,8-9,11-12H2,1-2H3,(H,23,24). The Bertz CT molecular complexity index is 707. The summed E-state index contributed by atoms with van der Waals surface area (Å²) in [4.78, 5) is 18.2. The lowest BCUT2D eigenvalue weighted by molar-refractivity contribution is -0.143. The van der Waals surface area contributed by atoms with Crippen LogP contribution in [0.1, 0.15) is 41.3 Å². The number of carbonyl (C=O) groups is 1. The lowest BCUT2D eigenvalue weighted by Crippen LogP contribution is -2.39. The number of carboxylic acids is 1. The second kappa shape index (κ2) is 7.14. The number of carboxylic acid groups (broad SMARTS) is 1. The Morgan fingerprint density at radius 2 is 1.96 bits per heavy atom. The fourth-order valence-corrected chi connectivity index (χ4v) is 3.54. The van der Waals surface area contributed by atoms with Crippen molar-refractivity contribution in [3.8, 4) is 0 Å². The van der Waals surface area contributed by atoms with Crippen molar-refractivity contribution in [1.82, 2.24) is 9.88 Å². The maximum Gasteiger partial charge on any atom is 0.306 e. The van der Waals surface area contributed by atoms with Gasteiger partial charge in [-0.3, -0.25) is 14.7 Å². The highest BCUT2D eigenvalue weighted by atomic mass is 16.4. The van der Waals surface area contributed by atoms with E-state index in [-0.39, 0.29) is 12.0 Å². The second-order valence-corrected chi connectivity index (χ2v) is 6.67. The van der Waals surface area contributed by atoms with Crippen LogP contribution in [0, 0.1) is 19.8 Å². The van der Waals surface area contributed by atoms with Crippen molar-refractivity contribution in [1.29, 1.82) is 0 Å². The van der Waals surface area contributed by atoms with Gasteiger partial charge in [0.25, 0.3) is 0 Å². The third kappa shape index (κ3) is 3.49. The molecule has 1 unspecified atom stereocenters. The van der Waals surface area contributed by atoms with E-state index in [1.54, 1.807) is 0 Å². The molecule has 2 aromatic rings. The molecule has 1 aromatic heterocycles. The zero-order chi connectivity index (χ0) is 17.1. The van der Waals surface area contributed by atoms with Crippen LogP contribution in [0.4, 0.5) is 0 Å². The van der Waals surface area contributed by atoms with Crippen molar-refractivity contribution in [2.45, 2.75) is 32.7 Å². The molecule has 0 radical (unpaired) electrons. The van der Waals surface area contributed by atoms with Gasteiger partial charge in [-0.2, -0.15) is 0 Å². The van der Waals surface area contributed by atoms with Gasteiger partial charge < -0.3 is 5.11 Å². The molecule has 0 saturated carbocycles. The normalized spacial score (nSPS) is 17.6. The zero-order valence-corrected chi connectivity index (χ0v) is 14.3. The number of aliphatic carboxylic acids is 1. The minimum absolute atomic E-state index is 0.0841. The molecule has 3 rings (SSSR count). The summed E-state index contributed by atoms with van der Waals surface area (Å²) < 4.78 is 0. The average molecular weight is 324 g/mol. The lowest BCUT2D eigenvalue weighted by Gasteiger charge is -2.37. The molecule has 1 saturated heterocycles. The molecule has 1 fully saturated rings. The summed E-state index contributed by atoms with van der Waals surface area (Å²) in [6.45, 7) is 5.81. The van der Waals surface area contributed by atoms with Crippen LogP contribution in [0.2, 0.25) is 0 Å². The van der Waals surface area contributed by atoms with E-state index < -0.39 is 5.97 Å². The fraction of sp³-hybridized carbons (Fsp3) is 0.400. The molecule has 1 N–H and O–H groups in total. The quantitative estimate of drug-likeness (QED) is 0.934. The summed E-state index contributed by atoms with van der Waals surface area (Å²) in [6.07, 6.45) is 3.23. The summed E-state index contributed by atoms with van der Waals surface area (Å²) in [5.41, 5.74) is 4.77. The highest BCUT2D eigenvalue weighted by Gasteiger charge is 2.31. The molecule has 24 heavy (non-hydrogen) atoms. The first-order chi connectivity index (χ1) is 11.6. The van der Waals surface area contributed by atoms with Crippen LogP contribution in [0.25, 0.3) is 0 Å². The average Bonchev–Trinajstić information content (AvgIpc) is 2.60. The van der Waals surface area contributed by atoms with Gasteiger partial charge in [0.05, 0.1) is 17.7 Å². The topological polar surface area (TPSA) is 53.4 Å². The molecule has 1 aliphatic heterocycles. The molecule has 0 amide bonds. The van der Waals surface area contributed by atoms with E-state index in [9.17, 15) is 9.90 Å². The molecule has 1 atom stereocenters. The Morgan fingerprint density at radius 3 is 2.58 bits per heavy atom. The molecule has 0 spiro atoms. The van der Waals surface area contributed by atoms with Gasteiger partial charge in [-0.1, -0.05) is 29.8 Å². The summed E-state index contributed by atoms with van der Waals surface area (Å²) >= 11 is 0. The lowest BCUT2D eigenvalue weighted by atomic mass is 9.91. The summed E-state index contributed by atoms with van der Waals surface area (Å²) in [6, 6.07) is 12.6. The van der Waals surface area contributed by atoms with Gasteiger partial charge in [-0.25, -0.2) is 0 Å². The molecule has 1 aliphatic rings. The molecule has 0 bridgehead atoms. The summed E-state index contributed by atoms with van der Waals surface area (Å²) in [5.74, 6) is -0.889. The molecule has 2 heterocycles. The monoisotopic (exact) mass is 324 g/mol. The third-order valence-electron chi connectivity index (χ3n) is 4.94. The van der Waals surface area contributed by atoms with Crippen LogP contribution in [0.3, 0.4) is 0 Å². The Labute approximate surface area is 143 Å². The first-order valence-corrected chi connectivity index (χ1v) is 8.51. The van der Waals surface area contributed by atoms with Gasteiger partial charge in [0.15, 0.2) is 0 Å². The maximum absolute atomic E-state index is 11.2. The number of aryl methyl sites for hydroxylation is 2. The van der Waals surface area contributed by atoms with Gasteiger partial charge in [-0.15, -0.1) is 0 Å². The van der Waals surface area contributed by atoms with Crippen LogP contribution < -0.4 is 0 Å². The highest BCUT2D eigenvalue weighted by Crippen LogP contribution is 2.33. The number of benzene rings is 1. The predicted molar refractivity (Wildman–Crippen MR) is 93.9 cm³/mol. The van der Waals surface area contributed by atoms with Gasteiger partial charge in [0.1, 0.15) is 0 Å². The van der Waals surface area contributed by atoms with Crippen molar-refractivity contribution < 1.29 is 9.90 Å². The number of pyridine rings is 1. The largest absolute Gasteiger partial charge is 0.481 e. The van der Waals surface area contributed by atoms with Crippen LogP contribution in [0.15, 0.2) is 42.6 Å². The number of rotatable bonds is 4. The molecule has 4 heteroatoms. The predicted octanol–water partition coefficient (Wildman–Crippen LogP) is 3.58. The van der Waals surface area contributed by atoms with Crippen LogP contribution >= 0.6 is 0 Å². The van der Waals surface area contributed by atoms with Crippen molar-refractivity contribution >= 4 is 5.97 Å². The highest BCUT2D eigenvalue weighted by molar-refractivity contribution is 5.70. The zero-order valence-electron chi connectivity index (χ0n) is 14.3. The van der Waals surface area contributed by atoms with E-state index in [2.05, 4.69) is 48.0 Å². The van der Waals surface area contributed by atoms with Gasteiger partial charge in [0.2, 0.25) is 0 Å². The van der Waals surface area contributed by atoms with E-state index in [0.717, 1.165) is 18.8 Å². The number of hydrogen-bond donors (Lipinski definition) is 1. The Hall–Kier alpha value is -2.20. The van der Waals surface area contributed by atoms with E-state index in [1.165, 1.54) is 16.7 Å². The molecular formula is C20H24N2O2. The summed E-state index contributed by atoms with van der Waals surface area (Å²) in [5, 5.41) is 9.25. The molecule has 126 valence electrons. The minimum atomic E-state index is -0.671. The number of likely N-dealkylation sites (tertiary alicyclic amines) is 1. The minimum Gasteiger partial charge on any atom is -0.481 e. The van der Waals surface area contributed by atoms with E-state index in [4.69, 9.17) is 0 Å². The van der Waals surface area contributed by atoms with Crippen LogP contribution in [0.5, 0.6) is 0 Å². The van der Waals surface area contributed by atoms with Gasteiger partial charge in [-0.05, 0) is 63.0 Å². The second-order valence-electron chi connectivity index (χ2n) is 6.67. The smallest absolute Gasteiger partial charge is 0.306 e. The molecule has 0 aliphatic carbocycles. The van der Waals surface area contributed by atoms with E-state index in [1.807, 2.05) is 18.3 Å². The summed E-state index contributed by atoms with van der Waals surface area (Å²) in [7, 11) is 0. The van der Waals surface area contributed by atoms with Crippen molar-refractivity contribution in [2.24, 2.45) is 5.92 Å². The number of piperidine rings is 1. The fourth-order valence-electron chi connectivity index (χ4n) is 3.54. The Balaban J connectivity index is 1.95. The van der Waals surface area contributed by atoms with E-state index >= 15 is 0 Å². The third-order valence-corrected chi connectivity index (χ3v) is 4.94. The number of nitrogens with zero attached hydrogens (tertiary/aromatic N) is 2.